The Kier molecular flexibility index (Phi) is 4.95. The molecule has 0 heterocycles. The fraction of sp³-hybridized carbons (Fsp3) is 0.533. The molecule has 1 aromatic rings. The molecule has 1 saturated carbocycles. The molecule has 2 N–H and O–H groups in total. The third-order valence-corrected chi connectivity index (χ3v) is 3.86. The maximum absolute atomic E-state index is 13.8. The topological polar surface area (TPSA) is 58.6 Å². The number of ether oxygens (including phenoxy) is 1. The van der Waals surface area contributed by atoms with Gasteiger partial charge in [0.05, 0.1) is 13.0 Å². The highest BCUT2D eigenvalue weighted by molar-refractivity contribution is 5.70. The fourth-order valence-electron chi connectivity index (χ4n) is 2.65. The van der Waals surface area contributed by atoms with E-state index in [2.05, 4.69) is 5.32 Å². The Morgan fingerprint density at radius 3 is 2.95 bits per heavy atom. The number of carboxylic acids is 1. The first-order chi connectivity index (χ1) is 9.60. The van der Waals surface area contributed by atoms with E-state index in [0.29, 0.717) is 24.3 Å². The number of aliphatic carboxylic acids is 1. The van der Waals surface area contributed by atoms with E-state index in [0.717, 1.165) is 19.3 Å². The van der Waals surface area contributed by atoms with Crippen LogP contribution in [-0.4, -0.2) is 24.2 Å². The quantitative estimate of drug-likeness (QED) is 0.871. The van der Waals surface area contributed by atoms with Crippen LogP contribution < -0.4 is 10.1 Å². The summed E-state index contributed by atoms with van der Waals surface area (Å²) in [6.45, 7) is 0.410. The third kappa shape index (κ3) is 3.70. The lowest BCUT2D eigenvalue weighted by Crippen LogP contribution is -2.36. The van der Waals surface area contributed by atoms with Gasteiger partial charge in [0, 0.05) is 24.2 Å². The highest BCUT2D eigenvalue weighted by Gasteiger charge is 2.26. The molecular weight excluding hydrogens is 261 g/mol. The zero-order valence-corrected chi connectivity index (χ0v) is 11.6. The molecule has 0 amide bonds. The standard InChI is InChI=1S/C15H20FNO3/c1-20-13-6-5-11(14(16)8-13)9-17-12-4-2-3-10(7-12)15(18)19/h5-6,8,10,12,17H,2-4,7,9H2,1H3,(H,18,19). The predicted molar refractivity (Wildman–Crippen MR) is 73.2 cm³/mol. The zero-order chi connectivity index (χ0) is 14.5. The minimum Gasteiger partial charge on any atom is -0.497 e. The zero-order valence-electron chi connectivity index (χ0n) is 11.6. The second-order valence-corrected chi connectivity index (χ2v) is 5.24. The lowest BCUT2D eigenvalue weighted by Gasteiger charge is -2.27. The number of methoxy groups -OCH3 is 1. The first-order valence-corrected chi connectivity index (χ1v) is 6.88. The van der Waals surface area contributed by atoms with E-state index in [4.69, 9.17) is 9.84 Å². The van der Waals surface area contributed by atoms with Crippen LogP contribution in [0.1, 0.15) is 31.2 Å². The Bertz CT molecular complexity index is 478. The molecule has 4 nitrogen and oxygen atoms in total. The minimum atomic E-state index is -0.730. The summed E-state index contributed by atoms with van der Waals surface area (Å²) >= 11 is 0. The second kappa shape index (κ2) is 6.70. The van der Waals surface area contributed by atoms with E-state index in [1.165, 1.54) is 13.2 Å². The summed E-state index contributed by atoms with van der Waals surface area (Å²) in [5.74, 6) is -0.814. The van der Waals surface area contributed by atoms with Crippen LogP contribution >= 0.6 is 0 Å². The van der Waals surface area contributed by atoms with Crippen molar-refractivity contribution in [2.45, 2.75) is 38.3 Å². The van der Waals surface area contributed by atoms with Crippen LogP contribution in [0, 0.1) is 11.7 Å². The largest absolute Gasteiger partial charge is 0.497 e. The van der Waals surface area contributed by atoms with Crippen molar-refractivity contribution >= 4 is 5.97 Å². The van der Waals surface area contributed by atoms with Crippen LogP contribution in [0.5, 0.6) is 5.75 Å². The summed E-state index contributed by atoms with van der Waals surface area (Å²) in [6.07, 6.45) is 3.21. The van der Waals surface area contributed by atoms with Gasteiger partial charge in [0.25, 0.3) is 0 Å². The smallest absolute Gasteiger partial charge is 0.306 e. The monoisotopic (exact) mass is 281 g/mol. The lowest BCUT2D eigenvalue weighted by atomic mass is 9.86. The number of hydrogen-bond acceptors (Lipinski definition) is 3. The number of nitrogens with one attached hydrogen (secondary N) is 1. The van der Waals surface area contributed by atoms with Crippen molar-refractivity contribution in [1.82, 2.24) is 5.32 Å². The van der Waals surface area contributed by atoms with Crippen molar-refractivity contribution in [1.29, 1.82) is 0 Å². The Morgan fingerprint density at radius 2 is 2.30 bits per heavy atom. The third-order valence-electron chi connectivity index (χ3n) is 3.86. The molecule has 0 bridgehead atoms. The summed E-state index contributed by atoms with van der Waals surface area (Å²) in [4.78, 5) is 11.0. The van der Waals surface area contributed by atoms with Gasteiger partial charge in [-0.25, -0.2) is 4.39 Å². The van der Waals surface area contributed by atoms with E-state index < -0.39 is 5.97 Å². The summed E-state index contributed by atoms with van der Waals surface area (Å²) in [7, 11) is 1.50. The molecule has 1 fully saturated rings. The summed E-state index contributed by atoms with van der Waals surface area (Å²) in [6, 6.07) is 4.92. The van der Waals surface area contributed by atoms with Gasteiger partial charge < -0.3 is 15.2 Å². The number of carboxylic acid groups (broad SMARTS) is 1. The Morgan fingerprint density at radius 1 is 1.50 bits per heavy atom. The van der Waals surface area contributed by atoms with Gasteiger partial charge in [-0.3, -0.25) is 4.79 Å². The van der Waals surface area contributed by atoms with Crippen LogP contribution in [0.15, 0.2) is 18.2 Å². The average molecular weight is 281 g/mol. The molecule has 2 atom stereocenters. The second-order valence-electron chi connectivity index (χ2n) is 5.24. The summed E-state index contributed by atoms with van der Waals surface area (Å²) in [5, 5.41) is 12.3. The van der Waals surface area contributed by atoms with Gasteiger partial charge in [0.2, 0.25) is 0 Å². The Labute approximate surface area is 117 Å². The van der Waals surface area contributed by atoms with E-state index in [1.54, 1.807) is 12.1 Å². The van der Waals surface area contributed by atoms with E-state index in [-0.39, 0.29) is 17.8 Å². The van der Waals surface area contributed by atoms with Gasteiger partial charge in [-0.1, -0.05) is 12.5 Å². The summed E-state index contributed by atoms with van der Waals surface area (Å²) < 4.78 is 18.7. The Balaban J connectivity index is 1.90. The van der Waals surface area contributed by atoms with Gasteiger partial charge >= 0.3 is 5.97 Å². The number of carbonyl (C=O) groups is 1. The van der Waals surface area contributed by atoms with Gasteiger partial charge in [0.1, 0.15) is 11.6 Å². The minimum absolute atomic E-state index is 0.145. The molecule has 20 heavy (non-hydrogen) atoms. The molecule has 2 rings (SSSR count). The van der Waals surface area contributed by atoms with Crippen LogP contribution in [-0.2, 0) is 11.3 Å². The maximum atomic E-state index is 13.8. The maximum Gasteiger partial charge on any atom is 0.306 e. The molecule has 0 spiro atoms. The fourth-order valence-corrected chi connectivity index (χ4v) is 2.65. The van der Waals surface area contributed by atoms with Gasteiger partial charge in [0.15, 0.2) is 0 Å². The van der Waals surface area contributed by atoms with E-state index in [9.17, 15) is 9.18 Å². The first kappa shape index (κ1) is 14.8. The summed E-state index contributed by atoms with van der Waals surface area (Å²) in [5.41, 5.74) is 0.572. The molecule has 110 valence electrons. The molecule has 0 saturated heterocycles. The molecule has 0 aromatic heterocycles. The average Bonchev–Trinajstić information content (AvgIpc) is 2.46. The molecule has 1 aliphatic rings. The highest BCUT2D eigenvalue weighted by Crippen LogP contribution is 2.25. The van der Waals surface area contributed by atoms with Gasteiger partial charge in [-0.05, 0) is 25.3 Å². The number of benzene rings is 1. The SMILES string of the molecule is COc1ccc(CNC2CCCC(C(=O)O)C2)c(F)c1. The van der Waals surface area contributed by atoms with Gasteiger partial charge in [-0.15, -0.1) is 0 Å². The van der Waals surface area contributed by atoms with Crippen molar-refractivity contribution in [2.24, 2.45) is 5.92 Å². The van der Waals surface area contributed by atoms with Crippen molar-refractivity contribution in [2.75, 3.05) is 7.11 Å². The van der Waals surface area contributed by atoms with Crippen molar-refractivity contribution < 1.29 is 19.0 Å². The molecular formula is C15H20FNO3. The Hall–Kier alpha value is -1.62. The van der Waals surface area contributed by atoms with Crippen molar-refractivity contribution in [3.8, 4) is 5.75 Å². The van der Waals surface area contributed by atoms with Crippen LogP contribution in [0.25, 0.3) is 0 Å². The number of rotatable bonds is 5. The normalized spacial score (nSPS) is 22.5. The number of hydrogen-bond donors (Lipinski definition) is 2. The van der Waals surface area contributed by atoms with Crippen molar-refractivity contribution in [3.05, 3.63) is 29.6 Å². The van der Waals surface area contributed by atoms with Gasteiger partial charge in [-0.2, -0.15) is 0 Å². The lowest BCUT2D eigenvalue weighted by molar-refractivity contribution is -0.143. The predicted octanol–water partition coefficient (Wildman–Crippen LogP) is 2.57. The molecule has 2 unspecified atom stereocenters. The van der Waals surface area contributed by atoms with Crippen LogP contribution in [0.4, 0.5) is 4.39 Å². The highest BCUT2D eigenvalue weighted by atomic mass is 19.1. The molecule has 5 heteroatoms. The first-order valence-electron chi connectivity index (χ1n) is 6.88. The van der Waals surface area contributed by atoms with Crippen molar-refractivity contribution in [3.63, 3.8) is 0 Å². The number of halogens is 1. The van der Waals surface area contributed by atoms with E-state index in [1.807, 2.05) is 0 Å². The molecule has 1 aliphatic carbocycles. The molecule has 0 radical (unpaired) electrons. The van der Waals surface area contributed by atoms with E-state index >= 15 is 0 Å². The molecule has 1 aromatic carbocycles. The molecule has 0 aliphatic heterocycles. The van der Waals surface area contributed by atoms with Crippen LogP contribution in [0.2, 0.25) is 0 Å². The van der Waals surface area contributed by atoms with Crippen LogP contribution in [0.3, 0.4) is 0 Å².